The number of aromatic nitrogens is 5. The van der Waals surface area contributed by atoms with E-state index in [0.29, 0.717) is 18.7 Å². The van der Waals surface area contributed by atoms with Crippen molar-refractivity contribution in [3.8, 4) is 0 Å². The zero-order valence-electron chi connectivity index (χ0n) is 14.1. The van der Waals surface area contributed by atoms with Gasteiger partial charge < -0.3 is 13.9 Å². The molecule has 4 heterocycles. The van der Waals surface area contributed by atoms with E-state index in [9.17, 15) is 4.79 Å². The summed E-state index contributed by atoms with van der Waals surface area (Å²) in [6.07, 6.45) is 5.39. The molecule has 0 fully saturated rings. The molecule has 0 N–H and O–H groups in total. The number of hydrogen-bond acceptors (Lipinski definition) is 4. The van der Waals surface area contributed by atoms with E-state index < -0.39 is 0 Å². The summed E-state index contributed by atoms with van der Waals surface area (Å²) in [5.41, 5.74) is 1.44. The lowest BCUT2D eigenvalue weighted by atomic mass is 9.95. The molecule has 1 aliphatic heterocycles. The topological polar surface area (TPSA) is 68.3 Å². The fourth-order valence-electron chi connectivity index (χ4n) is 3.12. The Bertz CT molecular complexity index is 917. The van der Waals surface area contributed by atoms with Crippen LogP contribution in [0.25, 0.3) is 5.65 Å². The molecule has 7 nitrogen and oxygen atoms in total. The molecule has 0 saturated heterocycles. The number of hydrogen-bond donors (Lipinski definition) is 0. The van der Waals surface area contributed by atoms with E-state index in [4.69, 9.17) is 0 Å². The van der Waals surface area contributed by atoms with Gasteiger partial charge in [0.2, 0.25) is 0 Å². The summed E-state index contributed by atoms with van der Waals surface area (Å²) >= 11 is 0. The number of imidazole rings is 1. The van der Waals surface area contributed by atoms with Crippen LogP contribution >= 0.6 is 0 Å². The van der Waals surface area contributed by atoms with Gasteiger partial charge in [-0.05, 0) is 12.1 Å². The molecule has 0 aliphatic carbocycles. The Balaban J connectivity index is 1.60. The number of nitrogens with zero attached hydrogens (tertiary/aromatic N) is 6. The van der Waals surface area contributed by atoms with Crippen LogP contribution in [0.2, 0.25) is 0 Å². The molecule has 0 atom stereocenters. The summed E-state index contributed by atoms with van der Waals surface area (Å²) in [6, 6.07) is 3.68. The third-order valence-electron chi connectivity index (χ3n) is 4.35. The normalized spacial score (nSPS) is 14.9. The van der Waals surface area contributed by atoms with Gasteiger partial charge in [-0.25, -0.2) is 4.98 Å². The fourth-order valence-corrected chi connectivity index (χ4v) is 3.12. The predicted molar refractivity (Wildman–Crippen MR) is 88.7 cm³/mol. The second-order valence-corrected chi connectivity index (χ2v) is 7.18. The second kappa shape index (κ2) is 5.15. The number of pyridine rings is 1. The molecule has 124 valence electrons. The first-order chi connectivity index (χ1) is 11.4. The van der Waals surface area contributed by atoms with Gasteiger partial charge in [-0.1, -0.05) is 20.8 Å². The average Bonchev–Trinajstić information content (AvgIpc) is 3.18. The molecule has 3 aromatic rings. The molecule has 3 aromatic heterocycles. The Hall–Kier alpha value is -2.70. The minimum absolute atomic E-state index is 0.0113. The summed E-state index contributed by atoms with van der Waals surface area (Å²) in [6.45, 7) is 8.26. The lowest BCUT2D eigenvalue weighted by Crippen LogP contribution is -2.39. The molecule has 0 unspecified atom stereocenters. The highest BCUT2D eigenvalue weighted by molar-refractivity contribution is 5.94. The van der Waals surface area contributed by atoms with Crippen molar-refractivity contribution in [2.45, 2.75) is 39.3 Å². The number of carbonyl (C=O) groups excluding carboxylic acids is 1. The van der Waals surface area contributed by atoms with E-state index in [0.717, 1.165) is 23.8 Å². The number of amides is 1. The Kier molecular flexibility index (Phi) is 3.19. The van der Waals surface area contributed by atoms with Crippen LogP contribution in [-0.2, 0) is 18.5 Å². The highest BCUT2D eigenvalue weighted by Gasteiger charge is 2.29. The van der Waals surface area contributed by atoms with Crippen molar-refractivity contribution < 1.29 is 4.79 Å². The third-order valence-corrected chi connectivity index (χ3v) is 4.35. The molecule has 0 bridgehead atoms. The molecular weight excluding hydrogens is 304 g/mol. The Labute approximate surface area is 139 Å². The molecular formula is C17H20N6O. The van der Waals surface area contributed by atoms with Gasteiger partial charge in [-0.2, -0.15) is 0 Å². The van der Waals surface area contributed by atoms with Gasteiger partial charge in [-0.3, -0.25) is 4.79 Å². The van der Waals surface area contributed by atoms with Crippen LogP contribution in [0.4, 0.5) is 0 Å². The smallest absolute Gasteiger partial charge is 0.255 e. The van der Waals surface area contributed by atoms with Crippen molar-refractivity contribution in [2.75, 3.05) is 6.54 Å². The standard InChI is InChI=1S/C17H20N6O/c1-17(2,3)16-20-19-14-11-22(8-9-23(14)16)15(24)12-4-5-13-18-6-7-21(13)10-12/h4-7,10H,8-9,11H2,1-3H3. The van der Waals surface area contributed by atoms with E-state index in [1.165, 1.54) is 0 Å². The van der Waals surface area contributed by atoms with Crippen molar-refractivity contribution in [1.29, 1.82) is 0 Å². The maximum Gasteiger partial charge on any atom is 0.255 e. The molecule has 1 amide bonds. The lowest BCUT2D eigenvalue weighted by Gasteiger charge is -2.29. The van der Waals surface area contributed by atoms with Crippen molar-refractivity contribution in [3.63, 3.8) is 0 Å². The maximum absolute atomic E-state index is 12.8. The van der Waals surface area contributed by atoms with Gasteiger partial charge in [0.1, 0.15) is 11.5 Å². The first-order valence-electron chi connectivity index (χ1n) is 8.08. The minimum Gasteiger partial charge on any atom is -0.329 e. The quantitative estimate of drug-likeness (QED) is 0.685. The SMILES string of the molecule is CC(C)(C)c1nnc2n1CCN(C(=O)c1ccc3nccn3c1)C2. The largest absolute Gasteiger partial charge is 0.329 e. The molecule has 0 spiro atoms. The van der Waals surface area contributed by atoms with Crippen molar-refractivity contribution in [2.24, 2.45) is 0 Å². The first kappa shape index (κ1) is 14.9. The fraction of sp³-hybridized carbons (Fsp3) is 0.412. The van der Waals surface area contributed by atoms with Crippen LogP contribution < -0.4 is 0 Å². The zero-order chi connectivity index (χ0) is 16.9. The minimum atomic E-state index is -0.0517. The van der Waals surface area contributed by atoms with Gasteiger partial charge in [0.15, 0.2) is 5.82 Å². The van der Waals surface area contributed by atoms with Gasteiger partial charge in [-0.15, -0.1) is 10.2 Å². The number of fused-ring (bicyclic) bond motifs is 2. The monoisotopic (exact) mass is 324 g/mol. The van der Waals surface area contributed by atoms with E-state index in [-0.39, 0.29) is 11.3 Å². The zero-order valence-corrected chi connectivity index (χ0v) is 14.1. The van der Waals surface area contributed by atoms with Crippen LogP contribution in [0.5, 0.6) is 0 Å². The van der Waals surface area contributed by atoms with Crippen LogP contribution in [0, 0.1) is 0 Å². The third kappa shape index (κ3) is 2.36. The predicted octanol–water partition coefficient (Wildman–Crippen LogP) is 1.88. The highest BCUT2D eigenvalue weighted by atomic mass is 16.2. The van der Waals surface area contributed by atoms with Crippen LogP contribution in [0.1, 0.15) is 42.8 Å². The van der Waals surface area contributed by atoms with Crippen LogP contribution in [0.15, 0.2) is 30.7 Å². The molecule has 1 aliphatic rings. The van der Waals surface area contributed by atoms with Crippen molar-refractivity contribution >= 4 is 11.6 Å². The van der Waals surface area contributed by atoms with E-state index in [1.54, 1.807) is 6.20 Å². The molecule has 0 aromatic carbocycles. The summed E-state index contributed by atoms with van der Waals surface area (Å²) in [5, 5.41) is 8.63. The second-order valence-electron chi connectivity index (χ2n) is 7.18. The number of carbonyl (C=O) groups is 1. The summed E-state index contributed by atoms with van der Waals surface area (Å²) in [7, 11) is 0. The Morgan fingerprint density at radius 2 is 2.00 bits per heavy atom. The average molecular weight is 324 g/mol. The van der Waals surface area contributed by atoms with Gasteiger partial charge >= 0.3 is 0 Å². The summed E-state index contributed by atoms with van der Waals surface area (Å²) < 4.78 is 4.00. The summed E-state index contributed by atoms with van der Waals surface area (Å²) in [4.78, 5) is 18.8. The summed E-state index contributed by atoms with van der Waals surface area (Å²) in [5.74, 6) is 1.84. The lowest BCUT2D eigenvalue weighted by molar-refractivity contribution is 0.0705. The highest BCUT2D eigenvalue weighted by Crippen LogP contribution is 2.24. The van der Waals surface area contributed by atoms with Crippen LogP contribution in [-0.4, -0.2) is 41.5 Å². The Morgan fingerprint density at radius 1 is 1.17 bits per heavy atom. The number of rotatable bonds is 1. The van der Waals surface area contributed by atoms with E-state index in [1.807, 2.05) is 33.8 Å². The van der Waals surface area contributed by atoms with Gasteiger partial charge in [0, 0.05) is 37.1 Å². The van der Waals surface area contributed by atoms with Gasteiger partial charge in [0.05, 0.1) is 12.1 Å². The molecule has 0 saturated carbocycles. The molecule has 4 rings (SSSR count). The van der Waals surface area contributed by atoms with E-state index >= 15 is 0 Å². The molecule has 7 heteroatoms. The van der Waals surface area contributed by atoms with Crippen molar-refractivity contribution in [3.05, 3.63) is 47.9 Å². The van der Waals surface area contributed by atoms with Crippen molar-refractivity contribution in [1.82, 2.24) is 29.0 Å². The first-order valence-corrected chi connectivity index (χ1v) is 8.08. The van der Waals surface area contributed by atoms with Gasteiger partial charge in [0.25, 0.3) is 5.91 Å². The Morgan fingerprint density at radius 3 is 2.79 bits per heavy atom. The molecule has 24 heavy (non-hydrogen) atoms. The van der Waals surface area contributed by atoms with E-state index in [2.05, 4.69) is 40.5 Å². The molecule has 0 radical (unpaired) electrons. The maximum atomic E-state index is 12.8. The van der Waals surface area contributed by atoms with Crippen LogP contribution in [0.3, 0.4) is 0 Å².